The normalized spacial score (nSPS) is 10.2. The molecule has 0 aromatic heterocycles. The summed E-state index contributed by atoms with van der Waals surface area (Å²) in [6.07, 6.45) is 0. The van der Waals surface area contributed by atoms with Crippen molar-refractivity contribution in [2.45, 2.75) is 0 Å². The SMILES string of the molecule is COCOC(=O)c1cc(Br)c(Cl)cc1OCOC. The fourth-order valence-electron chi connectivity index (χ4n) is 1.12. The monoisotopic (exact) mass is 338 g/mol. The fraction of sp³-hybridized carbons (Fsp3) is 0.364. The molecule has 0 saturated carbocycles. The van der Waals surface area contributed by atoms with Gasteiger partial charge in [-0.3, -0.25) is 0 Å². The first-order valence-electron chi connectivity index (χ1n) is 4.87. The summed E-state index contributed by atoms with van der Waals surface area (Å²) in [7, 11) is 2.90. The van der Waals surface area contributed by atoms with Gasteiger partial charge in [0.25, 0.3) is 0 Å². The van der Waals surface area contributed by atoms with Crippen molar-refractivity contribution in [1.82, 2.24) is 0 Å². The summed E-state index contributed by atoms with van der Waals surface area (Å²) >= 11 is 9.16. The Labute approximate surface area is 118 Å². The molecular weight excluding hydrogens is 327 g/mol. The third kappa shape index (κ3) is 4.13. The quantitative estimate of drug-likeness (QED) is 0.589. The summed E-state index contributed by atoms with van der Waals surface area (Å²) in [6, 6.07) is 3.03. The second-order valence-electron chi connectivity index (χ2n) is 3.15. The molecule has 0 fully saturated rings. The van der Waals surface area contributed by atoms with Crippen LogP contribution in [0.25, 0.3) is 0 Å². The van der Waals surface area contributed by atoms with E-state index in [-0.39, 0.29) is 24.9 Å². The van der Waals surface area contributed by atoms with Crippen molar-refractivity contribution >= 4 is 33.5 Å². The Kier molecular flexibility index (Phi) is 6.42. The molecule has 0 spiro atoms. The Morgan fingerprint density at radius 2 is 1.94 bits per heavy atom. The lowest BCUT2D eigenvalue weighted by atomic mass is 10.2. The molecule has 0 unspecified atom stereocenters. The van der Waals surface area contributed by atoms with Crippen LogP contribution in [0.1, 0.15) is 10.4 Å². The molecule has 7 heteroatoms. The van der Waals surface area contributed by atoms with Gasteiger partial charge in [0.15, 0.2) is 13.6 Å². The van der Waals surface area contributed by atoms with Gasteiger partial charge in [0.05, 0.1) is 5.02 Å². The van der Waals surface area contributed by atoms with E-state index in [2.05, 4.69) is 20.7 Å². The average molecular weight is 340 g/mol. The number of esters is 1. The summed E-state index contributed by atoms with van der Waals surface area (Å²) < 4.78 is 20.1. The maximum absolute atomic E-state index is 11.8. The van der Waals surface area contributed by atoms with Gasteiger partial charge in [-0.05, 0) is 22.0 Å². The molecule has 0 heterocycles. The molecule has 18 heavy (non-hydrogen) atoms. The minimum absolute atomic E-state index is 0.00250. The third-order valence-corrected chi connectivity index (χ3v) is 3.08. The van der Waals surface area contributed by atoms with Crippen molar-refractivity contribution in [3.63, 3.8) is 0 Å². The van der Waals surface area contributed by atoms with Crippen molar-refractivity contribution in [3.8, 4) is 5.75 Å². The van der Waals surface area contributed by atoms with Gasteiger partial charge in [0.1, 0.15) is 11.3 Å². The molecule has 0 aliphatic rings. The van der Waals surface area contributed by atoms with Gasteiger partial charge >= 0.3 is 5.97 Å². The second-order valence-corrected chi connectivity index (χ2v) is 4.41. The van der Waals surface area contributed by atoms with E-state index in [0.29, 0.717) is 9.50 Å². The first-order chi connectivity index (χ1) is 8.60. The predicted molar refractivity (Wildman–Crippen MR) is 68.9 cm³/mol. The van der Waals surface area contributed by atoms with Crippen LogP contribution in [0.3, 0.4) is 0 Å². The standard InChI is InChI=1S/C11H12BrClO5/c1-15-5-17-10-4-9(13)8(12)3-7(10)11(14)18-6-16-2/h3-4H,5-6H2,1-2H3. The molecule has 0 atom stereocenters. The summed E-state index contributed by atoms with van der Waals surface area (Å²) in [4.78, 5) is 11.8. The summed E-state index contributed by atoms with van der Waals surface area (Å²) in [5.74, 6) is -0.286. The zero-order chi connectivity index (χ0) is 13.5. The van der Waals surface area contributed by atoms with Crippen molar-refractivity contribution in [1.29, 1.82) is 0 Å². The van der Waals surface area contributed by atoms with Gasteiger partial charge in [-0.2, -0.15) is 0 Å². The zero-order valence-corrected chi connectivity index (χ0v) is 12.2. The Morgan fingerprint density at radius 1 is 1.28 bits per heavy atom. The van der Waals surface area contributed by atoms with Crippen LogP contribution in [-0.2, 0) is 14.2 Å². The van der Waals surface area contributed by atoms with E-state index in [9.17, 15) is 4.79 Å². The number of benzene rings is 1. The molecule has 1 aromatic carbocycles. The van der Waals surface area contributed by atoms with Crippen LogP contribution in [-0.4, -0.2) is 33.8 Å². The smallest absolute Gasteiger partial charge is 0.344 e. The van der Waals surface area contributed by atoms with Crippen LogP contribution in [0, 0.1) is 0 Å². The van der Waals surface area contributed by atoms with Gasteiger partial charge in [-0.15, -0.1) is 0 Å². The summed E-state index contributed by atoms with van der Waals surface area (Å²) in [5.41, 5.74) is 0.236. The highest BCUT2D eigenvalue weighted by molar-refractivity contribution is 9.10. The van der Waals surface area contributed by atoms with E-state index in [0.717, 1.165) is 0 Å². The van der Waals surface area contributed by atoms with Crippen LogP contribution < -0.4 is 4.74 Å². The largest absolute Gasteiger partial charge is 0.467 e. The molecule has 0 N–H and O–H groups in total. The van der Waals surface area contributed by atoms with Gasteiger partial charge in [-0.1, -0.05) is 11.6 Å². The van der Waals surface area contributed by atoms with Gasteiger partial charge in [0, 0.05) is 24.8 Å². The molecule has 0 bridgehead atoms. The maximum atomic E-state index is 11.8. The molecule has 0 saturated heterocycles. The topological polar surface area (TPSA) is 54.0 Å². The molecule has 1 aromatic rings. The number of carbonyl (C=O) groups is 1. The fourth-order valence-corrected chi connectivity index (χ4v) is 1.62. The number of carbonyl (C=O) groups excluding carboxylic acids is 1. The van der Waals surface area contributed by atoms with Crippen LogP contribution >= 0.6 is 27.5 Å². The van der Waals surface area contributed by atoms with Crippen LogP contribution in [0.2, 0.25) is 5.02 Å². The molecule has 1 rings (SSSR count). The summed E-state index contributed by atoms with van der Waals surface area (Å²) in [6.45, 7) is -0.134. The Bertz CT molecular complexity index is 424. The van der Waals surface area contributed by atoms with Crippen LogP contribution in [0.15, 0.2) is 16.6 Å². The lowest BCUT2D eigenvalue weighted by Gasteiger charge is -2.11. The van der Waals surface area contributed by atoms with E-state index in [4.69, 9.17) is 25.8 Å². The molecule has 5 nitrogen and oxygen atoms in total. The second kappa shape index (κ2) is 7.58. The number of ether oxygens (including phenoxy) is 4. The lowest BCUT2D eigenvalue weighted by molar-refractivity contribution is -0.0132. The van der Waals surface area contributed by atoms with E-state index in [1.807, 2.05) is 0 Å². The number of halogens is 2. The molecule has 0 aliphatic heterocycles. The van der Waals surface area contributed by atoms with Gasteiger partial charge < -0.3 is 18.9 Å². The van der Waals surface area contributed by atoms with Crippen molar-refractivity contribution < 1.29 is 23.7 Å². The first-order valence-corrected chi connectivity index (χ1v) is 6.04. The van der Waals surface area contributed by atoms with E-state index in [1.54, 1.807) is 0 Å². The number of methoxy groups -OCH3 is 2. The van der Waals surface area contributed by atoms with Crippen LogP contribution in [0.5, 0.6) is 5.75 Å². The average Bonchev–Trinajstić information content (AvgIpc) is 2.36. The highest BCUT2D eigenvalue weighted by Gasteiger charge is 2.17. The number of hydrogen-bond acceptors (Lipinski definition) is 5. The highest BCUT2D eigenvalue weighted by atomic mass is 79.9. The van der Waals surface area contributed by atoms with Crippen molar-refractivity contribution in [2.75, 3.05) is 27.8 Å². The Balaban J connectivity index is 2.98. The Morgan fingerprint density at radius 3 is 2.56 bits per heavy atom. The third-order valence-electron chi connectivity index (χ3n) is 1.88. The van der Waals surface area contributed by atoms with Crippen LogP contribution in [0.4, 0.5) is 0 Å². The van der Waals surface area contributed by atoms with E-state index < -0.39 is 5.97 Å². The lowest BCUT2D eigenvalue weighted by Crippen LogP contribution is -2.11. The molecule has 0 aliphatic carbocycles. The molecule has 100 valence electrons. The van der Waals surface area contributed by atoms with Gasteiger partial charge in [0.2, 0.25) is 0 Å². The van der Waals surface area contributed by atoms with Crippen molar-refractivity contribution in [3.05, 3.63) is 27.2 Å². The molecular formula is C11H12BrClO5. The van der Waals surface area contributed by atoms with E-state index in [1.165, 1.54) is 26.4 Å². The first kappa shape index (κ1) is 15.2. The highest BCUT2D eigenvalue weighted by Crippen LogP contribution is 2.31. The Hall–Kier alpha value is -0.820. The predicted octanol–water partition coefficient (Wildman–Crippen LogP) is 2.85. The molecule has 0 amide bonds. The number of rotatable bonds is 6. The maximum Gasteiger partial charge on any atom is 0.344 e. The number of hydrogen-bond donors (Lipinski definition) is 0. The van der Waals surface area contributed by atoms with Gasteiger partial charge in [-0.25, -0.2) is 4.79 Å². The molecule has 0 radical (unpaired) electrons. The minimum atomic E-state index is -0.569. The van der Waals surface area contributed by atoms with Crippen molar-refractivity contribution in [2.24, 2.45) is 0 Å². The van der Waals surface area contributed by atoms with E-state index >= 15 is 0 Å². The minimum Gasteiger partial charge on any atom is -0.467 e. The zero-order valence-electron chi connectivity index (χ0n) is 9.87. The summed E-state index contributed by atoms with van der Waals surface area (Å²) in [5, 5.41) is 0.421.